The Kier molecular flexibility index (Phi) is 5.02. The second-order valence-corrected chi connectivity index (χ2v) is 9.63. The maximum Gasteiger partial charge on any atom is 0.410 e. The van der Waals surface area contributed by atoms with E-state index in [0.29, 0.717) is 32.3 Å². The Morgan fingerprint density at radius 2 is 2.13 bits per heavy atom. The summed E-state index contributed by atoms with van der Waals surface area (Å²) in [5.74, 6) is 0.718. The van der Waals surface area contributed by atoms with Crippen LogP contribution in [0, 0.1) is 0 Å². The van der Waals surface area contributed by atoms with Crippen molar-refractivity contribution < 1.29 is 14.3 Å². The molecule has 0 N–H and O–H groups in total. The lowest BCUT2D eigenvalue weighted by Crippen LogP contribution is -2.39. The van der Waals surface area contributed by atoms with Gasteiger partial charge in [-0.1, -0.05) is 18.2 Å². The minimum atomic E-state index is -0.489. The first-order chi connectivity index (χ1) is 14.9. The molecule has 4 heterocycles. The lowest BCUT2D eigenvalue weighted by atomic mass is 10.1. The minimum Gasteiger partial charge on any atom is -0.444 e. The molecule has 0 aliphatic carbocycles. The average Bonchev–Trinajstić information content (AvgIpc) is 3.33. The van der Waals surface area contributed by atoms with E-state index >= 15 is 0 Å². The largest absolute Gasteiger partial charge is 0.444 e. The Hall–Kier alpha value is -2.78. The molecule has 0 bridgehead atoms. The average molecular weight is 440 g/mol. The molecule has 0 spiro atoms. The van der Waals surface area contributed by atoms with E-state index in [1.54, 1.807) is 4.90 Å². The number of fused-ring (bicyclic) bond motifs is 1. The van der Waals surface area contributed by atoms with Crippen molar-refractivity contribution in [2.45, 2.75) is 38.8 Å². The van der Waals surface area contributed by atoms with Crippen LogP contribution in [0.25, 0.3) is 27.9 Å². The number of hydrogen-bond donors (Lipinski definition) is 0. The molecule has 31 heavy (non-hydrogen) atoms. The maximum atomic E-state index is 12.3. The maximum absolute atomic E-state index is 12.3. The molecule has 1 aromatic carbocycles. The second kappa shape index (κ2) is 7.72. The fourth-order valence-corrected chi connectivity index (χ4v) is 4.41. The van der Waals surface area contributed by atoms with Crippen molar-refractivity contribution in [2.75, 3.05) is 26.3 Å². The Bertz CT molecular complexity index is 1160. The number of ether oxygens (including phenoxy) is 2. The number of amides is 1. The molecule has 1 saturated heterocycles. The third-order valence-corrected chi connectivity index (χ3v) is 6.18. The molecule has 2 aliphatic rings. The number of carbonyl (C=O) groups is 1. The molecule has 0 unspecified atom stereocenters. The summed E-state index contributed by atoms with van der Waals surface area (Å²) in [6.45, 7) is 8.18. The quantitative estimate of drug-likeness (QED) is 0.610. The first-order valence-corrected chi connectivity index (χ1v) is 11.2. The first-order valence-electron chi connectivity index (χ1n) is 10.4. The van der Waals surface area contributed by atoms with Crippen molar-refractivity contribution in [3.05, 3.63) is 35.5 Å². The van der Waals surface area contributed by atoms with Crippen LogP contribution in [0.15, 0.2) is 30.5 Å². The van der Waals surface area contributed by atoms with Gasteiger partial charge in [0.25, 0.3) is 0 Å². The molecule has 8 nitrogen and oxygen atoms in total. The highest BCUT2D eigenvalue weighted by molar-refractivity contribution is 7.06. The van der Waals surface area contributed by atoms with Gasteiger partial charge in [-0.05, 0) is 50.4 Å². The zero-order valence-electron chi connectivity index (χ0n) is 17.9. The van der Waals surface area contributed by atoms with Crippen LogP contribution in [0.3, 0.4) is 0 Å². The summed E-state index contributed by atoms with van der Waals surface area (Å²) >= 11 is 1.40. The van der Waals surface area contributed by atoms with Crippen molar-refractivity contribution in [2.24, 2.45) is 0 Å². The number of aromatic nitrogens is 4. The molecule has 9 heteroatoms. The third-order valence-electron chi connectivity index (χ3n) is 5.38. The number of rotatable bonds is 3. The van der Waals surface area contributed by atoms with Crippen LogP contribution < -0.4 is 0 Å². The number of benzene rings is 1. The van der Waals surface area contributed by atoms with E-state index in [4.69, 9.17) is 14.5 Å². The summed E-state index contributed by atoms with van der Waals surface area (Å²) in [4.78, 5) is 18.8. The van der Waals surface area contributed by atoms with E-state index in [1.807, 2.05) is 43.8 Å². The van der Waals surface area contributed by atoms with Crippen LogP contribution in [0.1, 0.15) is 38.2 Å². The van der Waals surface area contributed by atoms with Crippen LogP contribution in [-0.2, 0) is 9.47 Å². The number of nitrogens with zero attached hydrogens (tertiary/aromatic N) is 5. The fraction of sp³-hybridized carbons (Fsp3) is 0.455. The van der Waals surface area contributed by atoms with Gasteiger partial charge in [0.05, 0.1) is 31.0 Å². The highest BCUT2D eigenvalue weighted by Crippen LogP contribution is 2.30. The zero-order valence-corrected chi connectivity index (χ0v) is 18.7. The van der Waals surface area contributed by atoms with E-state index < -0.39 is 5.60 Å². The van der Waals surface area contributed by atoms with Gasteiger partial charge < -0.3 is 14.4 Å². The van der Waals surface area contributed by atoms with E-state index in [1.165, 1.54) is 11.5 Å². The molecule has 5 rings (SSSR count). The summed E-state index contributed by atoms with van der Waals surface area (Å²) in [7, 11) is 0. The monoisotopic (exact) mass is 439 g/mol. The Morgan fingerprint density at radius 1 is 1.29 bits per heavy atom. The molecule has 0 saturated carbocycles. The lowest BCUT2D eigenvalue weighted by Gasteiger charge is -2.29. The van der Waals surface area contributed by atoms with Crippen LogP contribution in [-0.4, -0.2) is 62.0 Å². The summed E-state index contributed by atoms with van der Waals surface area (Å²) < 4.78 is 17.4. The summed E-state index contributed by atoms with van der Waals surface area (Å²) in [6.07, 6.45) is 4.40. The zero-order chi connectivity index (χ0) is 21.6. The molecule has 162 valence electrons. The molecule has 0 atom stereocenters. The Morgan fingerprint density at radius 3 is 2.81 bits per heavy atom. The van der Waals surface area contributed by atoms with Gasteiger partial charge in [-0.25, -0.2) is 9.78 Å². The Balaban J connectivity index is 1.33. The normalized spacial score (nSPS) is 17.5. The van der Waals surface area contributed by atoms with Crippen molar-refractivity contribution >= 4 is 34.1 Å². The Labute approximate surface area is 184 Å². The second-order valence-electron chi connectivity index (χ2n) is 8.88. The van der Waals surface area contributed by atoms with Gasteiger partial charge in [-0.3, -0.25) is 4.68 Å². The van der Waals surface area contributed by atoms with Crippen molar-refractivity contribution in [1.82, 2.24) is 24.0 Å². The molecule has 3 aromatic rings. The van der Waals surface area contributed by atoms with Gasteiger partial charge in [-0.15, -0.1) is 0 Å². The lowest BCUT2D eigenvalue weighted by molar-refractivity contribution is -0.0266. The van der Waals surface area contributed by atoms with Gasteiger partial charge >= 0.3 is 6.09 Å². The van der Waals surface area contributed by atoms with Crippen LogP contribution in [0.4, 0.5) is 4.79 Å². The standard InChI is InChI=1S/C22H25N5O3S/c1-22(2,3)30-21(28)26-8-6-14(7-9-26)20-24-19(25-31-20)15-4-5-16-11-23-27(18(16)10-15)17-12-29-13-17/h4-6,10-11,17H,7-9,12-13H2,1-3H3. The number of hydrogen-bond acceptors (Lipinski definition) is 7. The van der Waals surface area contributed by atoms with Crippen molar-refractivity contribution in [3.63, 3.8) is 0 Å². The van der Waals surface area contributed by atoms with Crippen LogP contribution in [0.5, 0.6) is 0 Å². The molecular weight excluding hydrogens is 414 g/mol. The fourth-order valence-electron chi connectivity index (χ4n) is 3.66. The number of carbonyl (C=O) groups excluding carboxylic acids is 1. The molecule has 2 aliphatic heterocycles. The van der Waals surface area contributed by atoms with Crippen molar-refractivity contribution in [1.29, 1.82) is 0 Å². The molecular formula is C22H25N5O3S. The minimum absolute atomic E-state index is 0.275. The predicted octanol–water partition coefficient (Wildman–Crippen LogP) is 4.15. The van der Waals surface area contributed by atoms with Gasteiger partial charge in [0.15, 0.2) is 5.82 Å². The van der Waals surface area contributed by atoms with Gasteiger partial charge in [0.2, 0.25) is 0 Å². The highest BCUT2D eigenvalue weighted by Gasteiger charge is 2.25. The van der Waals surface area contributed by atoms with Gasteiger partial charge in [0.1, 0.15) is 10.6 Å². The summed E-state index contributed by atoms with van der Waals surface area (Å²) in [5.41, 5.74) is 2.69. The smallest absolute Gasteiger partial charge is 0.410 e. The van der Waals surface area contributed by atoms with E-state index in [9.17, 15) is 4.79 Å². The van der Waals surface area contributed by atoms with Crippen LogP contribution in [0.2, 0.25) is 0 Å². The van der Waals surface area contributed by atoms with E-state index in [2.05, 4.69) is 21.6 Å². The van der Waals surface area contributed by atoms with Gasteiger partial charge in [-0.2, -0.15) is 9.47 Å². The summed E-state index contributed by atoms with van der Waals surface area (Å²) in [5, 5.41) is 6.52. The topological polar surface area (TPSA) is 82.4 Å². The first kappa shape index (κ1) is 20.1. The van der Waals surface area contributed by atoms with Crippen molar-refractivity contribution in [3.8, 4) is 11.4 Å². The highest BCUT2D eigenvalue weighted by atomic mass is 32.1. The third kappa shape index (κ3) is 4.07. The molecule has 1 amide bonds. The van der Waals surface area contributed by atoms with E-state index in [0.717, 1.165) is 39.3 Å². The SMILES string of the molecule is CC(C)(C)OC(=O)N1CC=C(c2nc(-c3ccc4cnn(C5COC5)c4c3)ns2)CC1. The summed E-state index contributed by atoms with van der Waals surface area (Å²) in [6, 6.07) is 6.50. The predicted molar refractivity (Wildman–Crippen MR) is 119 cm³/mol. The van der Waals surface area contributed by atoms with E-state index in [-0.39, 0.29) is 6.09 Å². The molecule has 2 aromatic heterocycles. The van der Waals surface area contributed by atoms with Gasteiger partial charge in [0, 0.05) is 24.0 Å². The molecule has 0 radical (unpaired) electrons. The van der Waals surface area contributed by atoms with Crippen LogP contribution >= 0.6 is 11.5 Å². The molecule has 1 fully saturated rings.